The molecule has 4 aromatic heterocycles. The first-order chi connectivity index (χ1) is 15.5. The van der Waals surface area contributed by atoms with Crippen LogP contribution in [-0.4, -0.2) is 43.5 Å². The van der Waals surface area contributed by atoms with Crippen molar-refractivity contribution >= 4 is 34.4 Å². The van der Waals surface area contributed by atoms with Gasteiger partial charge in [-0.05, 0) is 36.8 Å². The smallest absolute Gasteiger partial charge is 0.303 e. The summed E-state index contributed by atoms with van der Waals surface area (Å²) in [5.74, 6) is -0.578. The molecule has 4 aromatic rings. The lowest BCUT2D eigenvalue weighted by molar-refractivity contribution is -0.137. The number of carbonyl (C=O) groups is 2. The van der Waals surface area contributed by atoms with E-state index in [1.54, 1.807) is 24.7 Å². The zero-order valence-corrected chi connectivity index (χ0v) is 17.4. The third-order valence-corrected chi connectivity index (χ3v) is 4.84. The van der Waals surface area contributed by atoms with Crippen molar-refractivity contribution in [1.82, 2.24) is 19.9 Å². The first kappa shape index (κ1) is 21.0. The molecule has 0 atom stereocenters. The molecule has 1 amide bonds. The maximum Gasteiger partial charge on any atom is 0.303 e. The standard InChI is InChI=1S/C23H22N6O3/c1-14(30)28-18-13-15(7-11-26-18)21-20(16-5-2-3-9-24-16)23-22(29-21)17(8-12-27-23)25-10-4-6-19(31)32/h2-3,5,7-9,11-13,29H,4,6,10H2,1H3,(H,25,27)(H,31,32)(H,26,28,30). The fourth-order valence-electron chi connectivity index (χ4n) is 3.51. The molecule has 32 heavy (non-hydrogen) atoms. The number of amides is 1. The van der Waals surface area contributed by atoms with Crippen LogP contribution in [0.3, 0.4) is 0 Å². The summed E-state index contributed by atoms with van der Waals surface area (Å²) in [7, 11) is 0. The number of carbonyl (C=O) groups excluding carboxylic acids is 1. The molecule has 0 unspecified atom stereocenters. The number of hydrogen-bond donors (Lipinski definition) is 4. The van der Waals surface area contributed by atoms with Crippen LogP contribution in [0.2, 0.25) is 0 Å². The van der Waals surface area contributed by atoms with E-state index in [4.69, 9.17) is 5.11 Å². The average molecular weight is 430 g/mol. The lowest BCUT2D eigenvalue weighted by Crippen LogP contribution is -2.07. The van der Waals surface area contributed by atoms with Gasteiger partial charge in [0.25, 0.3) is 0 Å². The van der Waals surface area contributed by atoms with Gasteiger partial charge < -0.3 is 20.7 Å². The minimum atomic E-state index is -0.820. The van der Waals surface area contributed by atoms with E-state index in [2.05, 4.69) is 30.6 Å². The van der Waals surface area contributed by atoms with Crippen LogP contribution in [0.15, 0.2) is 55.0 Å². The Bertz CT molecular complexity index is 1270. The third-order valence-electron chi connectivity index (χ3n) is 4.84. The second-order valence-corrected chi connectivity index (χ2v) is 7.21. The fraction of sp³-hybridized carbons (Fsp3) is 0.174. The lowest BCUT2D eigenvalue weighted by atomic mass is 10.0. The third kappa shape index (κ3) is 4.56. The highest BCUT2D eigenvalue weighted by molar-refractivity contribution is 6.05. The van der Waals surface area contributed by atoms with E-state index < -0.39 is 5.97 Å². The van der Waals surface area contributed by atoms with Crippen LogP contribution in [0.4, 0.5) is 11.5 Å². The zero-order valence-electron chi connectivity index (χ0n) is 17.4. The number of fused-ring (bicyclic) bond motifs is 1. The number of carboxylic acids is 1. The van der Waals surface area contributed by atoms with Gasteiger partial charge in [0.05, 0.1) is 28.2 Å². The largest absolute Gasteiger partial charge is 0.481 e. The predicted molar refractivity (Wildman–Crippen MR) is 122 cm³/mol. The van der Waals surface area contributed by atoms with Crippen molar-refractivity contribution in [3.05, 3.63) is 55.0 Å². The Kier molecular flexibility index (Phi) is 6.07. The van der Waals surface area contributed by atoms with Gasteiger partial charge in [0.1, 0.15) is 11.3 Å². The Hall–Kier alpha value is -4.27. The molecule has 0 aliphatic carbocycles. The van der Waals surface area contributed by atoms with Crippen LogP contribution in [0.5, 0.6) is 0 Å². The van der Waals surface area contributed by atoms with Crippen LogP contribution in [0, 0.1) is 0 Å². The second-order valence-electron chi connectivity index (χ2n) is 7.21. The highest BCUT2D eigenvalue weighted by atomic mass is 16.4. The summed E-state index contributed by atoms with van der Waals surface area (Å²) in [5.41, 5.74) is 5.53. The van der Waals surface area contributed by atoms with E-state index in [0.717, 1.165) is 39.2 Å². The lowest BCUT2D eigenvalue weighted by Gasteiger charge is -2.07. The van der Waals surface area contributed by atoms with Gasteiger partial charge >= 0.3 is 5.97 Å². The van der Waals surface area contributed by atoms with Crippen molar-refractivity contribution in [3.8, 4) is 22.5 Å². The van der Waals surface area contributed by atoms with Crippen molar-refractivity contribution in [2.75, 3.05) is 17.2 Å². The SMILES string of the molecule is CC(=O)Nc1cc(-c2[nH]c3c(NCCCC(=O)O)ccnc3c2-c2ccccn2)ccn1. The number of nitrogens with zero attached hydrogens (tertiary/aromatic N) is 3. The van der Waals surface area contributed by atoms with Crippen molar-refractivity contribution in [1.29, 1.82) is 0 Å². The average Bonchev–Trinajstić information content (AvgIpc) is 3.17. The number of nitrogens with one attached hydrogen (secondary N) is 3. The topological polar surface area (TPSA) is 133 Å². The fourth-order valence-corrected chi connectivity index (χ4v) is 3.51. The van der Waals surface area contributed by atoms with Crippen LogP contribution in [-0.2, 0) is 9.59 Å². The predicted octanol–water partition coefficient (Wildman–Crippen LogP) is 3.92. The van der Waals surface area contributed by atoms with Crippen LogP contribution in [0.25, 0.3) is 33.5 Å². The number of aliphatic carboxylic acids is 1. The summed E-state index contributed by atoms with van der Waals surface area (Å²) < 4.78 is 0. The van der Waals surface area contributed by atoms with Gasteiger partial charge in [0.2, 0.25) is 5.91 Å². The normalized spacial score (nSPS) is 10.8. The number of pyridine rings is 3. The van der Waals surface area contributed by atoms with Gasteiger partial charge in [0, 0.05) is 44.0 Å². The summed E-state index contributed by atoms with van der Waals surface area (Å²) in [6, 6.07) is 11.2. The first-order valence-electron chi connectivity index (χ1n) is 10.1. The van der Waals surface area contributed by atoms with Crippen molar-refractivity contribution in [3.63, 3.8) is 0 Å². The summed E-state index contributed by atoms with van der Waals surface area (Å²) >= 11 is 0. The summed E-state index contributed by atoms with van der Waals surface area (Å²) in [4.78, 5) is 39.1. The molecule has 0 aliphatic heterocycles. The Labute approximate surface area is 184 Å². The van der Waals surface area contributed by atoms with Crippen molar-refractivity contribution in [2.45, 2.75) is 19.8 Å². The van der Waals surface area contributed by atoms with Crippen molar-refractivity contribution in [2.24, 2.45) is 0 Å². The molecule has 0 saturated carbocycles. The quantitative estimate of drug-likeness (QED) is 0.311. The minimum absolute atomic E-state index is 0.0966. The molecule has 162 valence electrons. The molecule has 4 N–H and O–H groups in total. The van der Waals surface area contributed by atoms with Gasteiger partial charge in [-0.25, -0.2) is 4.98 Å². The number of anilines is 2. The van der Waals surface area contributed by atoms with Crippen LogP contribution in [0.1, 0.15) is 19.8 Å². The first-order valence-corrected chi connectivity index (χ1v) is 10.1. The molecule has 0 radical (unpaired) electrons. The highest BCUT2D eigenvalue weighted by Gasteiger charge is 2.19. The Balaban J connectivity index is 1.82. The summed E-state index contributed by atoms with van der Waals surface area (Å²) in [5, 5.41) is 14.9. The number of rotatable bonds is 8. The Morgan fingerprint density at radius 1 is 1.06 bits per heavy atom. The van der Waals surface area contributed by atoms with Gasteiger partial charge in [-0.3, -0.25) is 19.6 Å². The van der Waals surface area contributed by atoms with E-state index >= 15 is 0 Å². The van der Waals surface area contributed by atoms with Crippen LogP contribution < -0.4 is 10.6 Å². The van der Waals surface area contributed by atoms with Crippen molar-refractivity contribution < 1.29 is 14.7 Å². The second kappa shape index (κ2) is 9.25. The number of H-pyrrole nitrogens is 1. The van der Waals surface area contributed by atoms with Gasteiger partial charge in [-0.2, -0.15) is 0 Å². The number of hydrogen-bond acceptors (Lipinski definition) is 6. The minimum Gasteiger partial charge on any atom is -0.481 e. The van der Waals surface area contributed by atoms with Gasteiger partial charge in [-0.15, -0.1) is 0 Å². The molecule has 0 spiro atoms. The zero-order chi connectivity index (χ0) is 22.5. The molecule has 9 heteroatoms. The maximum atomic E-state index is 11.5. The summed E-state index contributed by atoms with van der Waals surface area (Å²) in [6.07, 6.45) is 5.67. The highest BCUT2D eigenvalue weighted by Crippen LogP contribution is 2.39. The molecular weight excluding hydrogens is 408 g/mol. The molecule has 0 bridgehead atoms. The molecule has 0 aromatic carbocycles. The van der Waals surface area contributed by atoms with Crippen LogP contribution >= 0.6 is 0 Å². The van der Waals surface area contributed by atoms with Gasteiger partial charge in [-0.1, -0.05) is 6.07 Å². The molecule has 0 aliphatic rings. The molecule has 9 nitrogen and oxygen atoms in total. The Morgan fingerprint density at radius 3 is 2.66 bits per heavy atom. The molecule has 4 heterocycles. The van der Waals surface area contributed by atoms with E-state index in [1.807, 2.05) is 30.3 Å². The number of aromatic nitrogens is 4. The maximum absolute atomic E-state index is 11.5. The monoisotopic (exact) mass is 430 g/mol. The number of carboxylic acid groups (broad SMARTS) is 1. The molecular formula is C23H22N6O3. The van der Waals surface area contributed by atoms with E-state index in [-0.39, 0.29) is 12.3 Å². The molecule has 0 saturated heterocycles. The number of aromatic amines is 1. The van der Waals surface area contributed by atoms with E-state index in [1.165, 1.54) is 6.92 Å². The van der Waals surface area contributed by atoms with E-state index in [9.17, 15) is 9.59 Å². The van der Waals surface area contributed by atoms with Gasteiger partial charge in [0.15, 0.2) is 0 Å². The molecule has 0 fully saturated rings. The summed E-state index contributed by atoms with van der Waals surface area (Å²) in [6.45, 7) is 1.95. The Morgan fingerprint density at radius 2 is 1.91 bits per heavy atom. The molecule has 4 rings (SSSR count). The van der Waals surface area contributed by atoms with E-state index in [0.29, 0.717) is 18.8 Å².